The van der Waals surface area contributed by atoms with Gasteiger partial charge in [-0.3, -0.25) is 0 Å². The minimum absolute atomic E-state index is 0.132. The van der Waals surface area contributed by atoms with Crippen molar-refractivity contribution in [1.29, 1.82) is 0 Å². The first-order valence-electron chi connectivity index (χ1n) is 6.04. The summed E-state index contributed by atoms with van der Waals surface area (Å²) in [5.74, 6) is 0. The lowest BCUT2D eigenvalue weighted by molar-refractivity contribution is -0.0702. The van der Waals surface area contributed by atoms with Gasteiger partial charge in [0.1, 0.15) is 10.6 Å². The van der Waals surface area contributed by atoms with Crippen LogP contribution >= 0.6 is 11.3 Å². The molecule has 1 aliphatic heterocycles. The molecule has 0 aliphatic carbocycles. The third kappa shape index (κ3) is 2.62. The predicted molar refractivity (Wildman–Crippen MR) is 66.6 cm³/mol. The summed E-state index contributed by atoms with van der Waals surface area (Å²) >= 11 is 1.78. The van der Waals surface area contributed by atoms with Crippen LogP contribution in [0.2, 0.25) is 0 Å². The van der Waals surface area contributed by atoms with Crippen molar-refractivity contribution < 1.29 is 4.74 Å². The van der Waals surface area contributed by atoms with E-state index in [1.807, 2.05) is 6.20 Å². The number of rotatable bonds is 4. The molecule has 1 atom stereocenters. The number of aromatic nitrogens is 1. The van der Waals surface area contributed by atoms with Crippen LogP contribution in [0.5, 0.6) is 0 Å². The molecular formula is C12H20N2OS. The van der Waals surface area contributed by atoms with E-state index in [-0.39, 0.29) is 5.60 Å². The van der Waals surface area contributed by atoms with Crippen molar-refractivity contribution >= 4 is 11.3 Å². The van der Waals surface area contributed by atoms with Crippen molar-refractivity contribution in [3.05, 3.63) is 16.1 Å². The first-order valence-corrected chi connectivity index (χ1v) is 6.86. The van der Waals surface area contributed by atoms with E-state index in [1.165, 1.54) is 17.7 Å². The zero-order valence-electron chi connectivity index (χ0n) is 10.1. The van der Waals surface area contributed by atoms with Gasteiger partial charge in [-0.1, -0.05) is 6.92 Å². The molecule has 1 N–H and O–H groups in total. The summed E-state index contributed by atoms with van der Waals surface area (Å²) in [6, 6.07) is 0. The standard InChI is InChI=1S/C12H20N2OS/c1-3-13-8-10-9-14-11(16-10)12(2)6-4-5-7-15-12/h9,13H,3-8H2,1-2H3. The number of hydrogen-bond acceptors (Lipinski definition) is 4. The Hall–Kier alpha value is -0.450. The molecule has 4 heteroatoms. The van der Waals surface area contributed by atoms with Crippen molar-refractivity contribution in [3.63, 3.8) is 0 Å². The van der Waals surface area contributed by atoms with Crippen LogP contribution in [-0.2, 0) is 16.9 Å². The Morgan fingerprint density at radius 1 is 1.56 bits per heavy atom. The maximum Gasteiger partial charge on any atom is 0.125 e. The van der Waals surface area contributed by atoms with Crippen molar-refractivity contribution in [2.24, 2.45) is 0 Å². The molecule has 0 bridgehead atoms. The zero-order chi connectivity index (χ0) is 11.4. The van der Waals surface area contributed by atoms with Crippen molar-refractivity contribution in [1.82, 2.24) is 10.3 Å². The second-order valence-corrected chi connectivity index (χ2v) is 5.56. The van der Waals surface area contributed by atoms with Gasteiger partial charge in [0.2, 0.25) is 0 Å². The van der Waals surface area contributed by atoms with Gasteiger partial charge in [0.05, 0.1) is 0 Å². The van der Waals surface area contributed by atoms with Crippen LogP contribution in [0.25, 0.3) is 0 Å². The number of ether oxygens (including phenoxy) is 1. The Labute approximate surface area is 101 Å². The third-order valence-corrected chi connectivity index (χ3v) is 4.27. The number of nitrogens with zero attached hydrogens (tertiary/aromatic N) is 1. The first kappa shape index (κ1) is 12.0. The maximum absolute atomic E-state index is 5.90. The molecule has 1 saturated heterocycles. The highest BCUT2D eigenvalue weighted by Crippen LogP contribution is 2.36. The van der Waals surface area contributed by atoms with E-state index in [0.717, 1.165) is 31.1 Å². The topological polar surface area (TPSA) is 34.2 Å². The molecule has 2 heterocycles. The van der Waals surface area contributed by atoms with Crippen LogP contribution in [0.4, 0.5) is 0 Å². The maximum atomic E-state index is 5.90. The minimum atomic E-state index is -0.132. The Morgan fingerprint density at radius 2 is 2.44 bits per heavy atom. The summed E-state index contributed by atoms with van der Waals surface area (Å²) in [7, 11) is 0. The highest BCUT2D eigenvalue weighted by Gasteiger charge is 2.32. The van der Waals surface area contributed by atoms with Crippen molar-refractivity contribution in [2.45, 2.75) is 45.3 Å². The van der Waals surface area contributed by atoms with Crippen molar-refractivity contribution in [3.8, 4) is 0 Å². The van der Waals surface area contributed by atoms with Gasteiger partial charge in [-0.05, 0) is 32.7 Å². The number of hydrogen-bond donors (Lipinski definition) is 1. The average Bonchev–Trinajstić information content (AvgIpc) is 2.77. The van der Waals surface area contributed by atoms with E-state index >= 15 is 0 Å². The van der Waals surface area contributed by atoms with Crippen LogP contribution in [0, 0.1) is 0 Å². The lowest BCUT2D eigenvalue weighted by atomic mass is 9.97. The molecule has 0 saturated carbocycles. The molecular weight excluding hydrogens is 220 g/mol. The highest BCUT2D eigenvalue weighted by atomic mass is 32.1. The van der Waals surface area contributed by atoms with Gasteiger partial charge >= 0.3 is 0 Å². The largest absolute Gasteiger partial charge is 0.368 e. The molecule has 1 aromatic rings. The summed E-state index contributed by atoms with van der Waals surface area (Å²) in [4.78, 5) is 5.82. The molecule has 0 radical (unpaired) electrons. The molecule has 90 valence electrons. The Morgan fingerprint density at radius 3 is 3.12 bits per heavy atom. The van der Waals surface area contributed by atoms with Gasteiger partial charge in [-0.2, -0.15) is 0 Å². The molecule has 3 nitrogen and oxygen atoms in total. The summed E-state index contributed by atoms with van der Waals surface area (Å²) in [6.07, 6.45) is 5.51. The molecule has 2 rings (SSSR count). The Kier molecular flexibility index (Phi) is 3.95. The average molecular weight is 240 g/mol. The van der Waals surface area contributed by atoms with Crippen LogP contribution in [-0.4, -0.2) is 18.1 Å². The smallest absolute Gasteiger partial charge is 0.125 e. The Balaban J connectivity index is 2.05. The second kappa shape index (κ2) is 5.25. The molecule has 1 aromatic heterocycles. The van der Waals surface area contributed by atoms with Gasteiger partial charge in [-0.25, -0.2) is 4.98 Å². The fourth-order valence-electron chi connectivity index (χ4n) is 1.98. The minimum Gasteiger partial charge on any atom is -0.368 e. The molecule has 1 fully saturated rings. The molecule has 1 unspecified atom stereocenters. The summed E-state index contributed by atoms with van der Waals surface area (Å²) < 4.78 is 5.90. The summed E-state index contributed by atoms with van der Waals surface area (Å²) in [5, 5.41) is 4.46. The van der Waals surface area contributed by atoms with E-state index in [0.29, 0.717) is 0 Å². The second-order valence-electron chi connectivity index (χ2n) is 4.45. The normalized spacial score (nSPS) is 25.9. The van der Waals surface area contributed by atoms with Crippen LogP contribution in [0.3, 0.4) is 0 Å². The molecule has 0 aromatic carbocycles. The quantitative estimate of drug-likeness (QED) is 0.878. The third-order valence-electron chi connectivity index (χ3n) is 3.02. The van der Waals surface area contributed by atoms with Crippen molar-refractivity contribution in [2.75, 3.05) is 13.2 Å². The fourth-order valence-corrected chi connectivity index (χ4v) is 2.99. The SMILES string of the molecule is CCNCc1cnc(C2(C)CCCCO2)s1. The van der Waals surface area contributed by atoms with E-state index in [4.69, 9.17) is 4.74 Å². The highest BCUT2D eigenvalue weighted by molar-refractivity contribution is 7.11. The van der Waals surface area contributed by atoms with Gasteiger partial charge in [0.25, 0.3) is 0 Å². The molecule has 1 aliphatic rings. The van der Waals surface area contributed by atoms with Gasteiger partial charge in [0.15, 0.2) is 0 Å². The number of nitrogens with one attached hydrogen (secondary N) is 1. The van der Waals surface area contributed by atoms with Crippen LogP contribution < -0.4 is 5.32 Å². The molecule has 0 spiro atoms. The van der Waals surface area contributed by atoms with E-state index < -0.39 is 0 Å². The lowest BCUT2D eigenvalue weighted by Gasteiger charge is -2.31. The van der Waals surface area contributed by atoms with Gasteiger partial charge < -0.3 is 10.1 Å². The van der Waals surface area contributed by atoms with E-state index in [9.17, 15) is 0 Å². The van der Waals surface area contributed by atoms with Gasteiger partial charge in [-0.15, -0.1) is 11.3 Å². The molecule has 16 heavy (non-hydrogen) atoms. The van der Waals surface area contributed by atoms with E-state index in [2.05, 4.69) is 24.1 Å². The van der Waals surface area contributed by atoms with Crippen LogP contribution in [0.1, 0.15) is 43.0 Å². The van der Waals surface area contributed by atoms with Gasteiger partial charge in [0, 0.05) is 24.2 Å². The predicted octanol–water partition coefficient (Wildman–Crippen LogP) is 2.67. The molecule has 0 amide bonds. The zero-order valence-corrected chi connectivity index (χ0v) is 10.9. The lowest BCUT2D eigenvalue weighted by Crippen LogP contribution is -2.29. The fraction of sp³-hybridized carbons (Fsp3) is 0.750. The monoisotopic (exact) mass is 240 g/mol. The summed E-state index contributed by atoms with van der Waals surface area (Å²) in [5.41, 5.74) is -0.132. The first-order chi connectivity index (χ1) is 7.74. The number of thiazole rings is 1. The van der Waals surface area contributed by atoms with Crippen LogP contribution in [0.15, 0.2) is 6.20 Å². The van der Waals surface area contributed by atoms with E-state index in [1.54, 1.807) is 11.3 Å². The Bertz CT molecular complexity index is 332. The summed E-state index contributed by atoms with van der Waals surface area (Å²) in [6.45, 7) is 7.08.